The van der Waals surface area contributed by atoms with Crippen LogP contribution in [-0.4, -0.2) is 55.0 Å². The molecule has 1 fully saturated rings. The van der Waals surface area contributed by atoms with Gasteiger partial charge in [-0.1, -0.05) is 6.07 Å². The van der Waals surface area contributed by atoms with Gasteiger partial charge in [0.15, 0.2) is 0 Å². The van der Waals surface area contributed by atoms with E-state index in [1.807, 2.05) is 32.0 Å². The van der Waals surface area contributed by atoms with Crippen LogP contribution in [0.5, 0.6) is 0 Å². The van der Waals surface area contributed by atoms with Gasteiger partial charge in [-0.25, -0.2) is 0 Å². The molecule has 3 N–H and O–H groups in total. The van der Waals surface area contributed by atoms with Gasteiger partial charge in [0.25, 0.3) is 0 Å². The summed E-state index contributed by atoms with van der Waals surface area (Å²) < 4.78 is 0. The summed E-state index contributed by atoms with van der Waals surface area (Å²) in [5, 5.41) is 3.01. The minimum Gasteiger partial charge on any atom is -0.399 e. The monoisotopic (exact) mass is 290 g/mol. The molecule has 1 aromatic rings. The van der Waals surface area contributed by atoms with Crippen LogP contribution in [0.4, 0.5) is 11.4 Å². The molecule has 0 radical (unpaired) electrons. The number of carbonyl (C=O) groups excluding carboxylic acids is 1. The summed E-state index contributed by atoms with van der Waals surface area (Å²) >= 11 is 0. The Hall–Kier alpha value is -1.59. The van der Waals surface area contributed by atoms with Crippen LogP contribution in [0.2, 0.25) is 0 Å². The van der Waals surface area contributed by atoms with E-state index in [0.29, 0.717) is 5.69 Å². The van der Waals surface area contributed by atoms with Crippen molar-refractivity contribution in [3.63, 3.8) is 0 Å². The van der Waals surface area contributed by atoms with Crippen LogP contribution < -0.4 is 11.1 Å². The first-order valence-corrected chi connectivity index (χ1v) is 7.57. The van der Waals surface area contributed by atoms with Gasteiger partial charge in [-0.3, -0.25) is 9.69 Å². The van der Waals surface area contributed by atoms with Gasteiger partial charge in [0, 0.05) is 31.0 Å². The first kappa shape index (κ1) is 15.8. The van der Waals surface area contributed by atoms with E-state index in [1.165, 1.54) is 0 Å². The molecule has 0 saturated carbocycles. The second kappa shape index (κ2) is 6.91. The quantitative estimate of drug-likeness (QED) is 0.829. The zero-order chi connectivity index (χ0) is 15.4. The molecular formula is C16H26N4O. The Morgan fingerprint density at radius 1 is 1.29 bits per heavy atom. The van der Waals surface area contributed by atoms with Crippen LogP contribution in [0, 0.1) is 6.92 Å². The highest BCUT2D eigenvalue weighted by Crippen LogP contribution is 2.19. The Labute approximate surface area is 127 Å². The number of benzene rings is 1. The van der Waals surface area contributed by atoms with E-state index in [4.69, 9.17) is 5.73 Å². The number of nitrogens with two attached hydrogens (primary N) is 1. The van der Waals surface area contributed by atoms with E-state index in [2.05, 4.69) is 22.2 Å². The van der Waals surface area contributed by atoms with Crippen LogP contribution in [0.25, 0.3) is 0 Å². The van der Waals surface area contributed by atoms with Crippen molar-refractivity contribution in [2.24, 2.45) is 0 Å². The molecule has 1 atom stereocenters. The van der Waals surface area contributed by atoms with E-state index < -0.39 is 0 Å². The van der Waals surface area contributed by atoms with Crippen molar-refractivity contribution in [3.8, 4) is 0 Å². The molecule has 1 aliphatic rings. The number of likely N-dealkylation sites (N-methyl/N-ethyl adjacent to an activating group) is 1. The summed E-state index contributed by atoms with van der Waals surface area (Å²) in [6.45, 7) is 7.95. The molecule has 5 nitrogen and oxygen atoms in total. The van der Waals surface area contributed by atoms with Gasteiger partial charge >= 0.3 is 0 Å². The number of carbonyl (C=O) groups is 1. The van der Waals surface area contributed by atoms with Gasteiger partial charge < -0.3 is 16.0 Å². The summed E-state index contributed by atoms with van der Waals surface area (Å²) in [5.74, 6) is 0.0354. The summed E-state index contributed by atoms with van der Waals surface area (Å²) in [7, 11) is 2.13. The number of hydrogen-bond donors (Lipinski definition) is 2. The molecule has 1 saturated heterocycles. The Morgan fingerprint density at radius 2 is 2.05 bits per heavy atom. The minimum atomic E-state index is -0.127. The fourth-order valence-corrected chi connectivity index (χ4v) is 2.63. The first-order chi connectivity index (χ1) is 9.97. The number of hydrogen-bond acceptors (Lipinski definition) is 4. The van der Waals surface area contributed by atoms with E-state index in [0.717, 1.165) is 43.9 Å². The molecule has 0 aliphatic carbocycles. The Bertz CT molecular complexity index is 503. The van der Waals surface area contributed by atoms with Gasteiger partial charge in [0.2, 0.25) is 5.91 Å². The van der Waals surface area contributed by atoms with Gasteiger partial charge in [0.05, 0.1) is 6.04 Å². The van der Waals surface area contributed by atoms with E-state index in [-0.39, 0.29) is 11.9 Å². The minimum absolute atomic E-state index is 0.0354. The van der Waals surface area contributed by atoms with Gasteiger partial charge in [-0.05, 0) is 51.6 Å². The van der Waals surface area contributed by atoms with Crippen LogP contribution in [0.1, 0.15) is 18.9 Å². The number of nitrogen functional groups attached to an aromatic ring is 1. The molecule has 21 heavy (non-hydrogen) atoms. The number of aryl methyl sites for hydroxylation is 1. The number of nitrogens with zero attached hydrogens (tertiary/aromatic N) is 2. The zero-order valence-electron chi connectivity index (χ0n) is 13.2. The third-order valence-corrected chi connectivity index (χ3v) is 4.20. The fraction of sp³-hybridized carbons (Fsp3) is 0.562. The average molecular weight is 290 g/mol. The molecule has 1 heterocycles. The molecule has 0 bridgehead atoms. The summed E-state index contributed by atoms with van der Waals surface area (Å²) in [6.07, 6.45) is 1.10. The van der Waals surface area contributed by atoms with Gasteiger partial charge in [0.1, 0.15) is 0 Å². The Balaban J connectivity index is 2.00. The average Bonchev–Trinajstić information content (AvgIpc) is 2.67. The van der Waals surface area contributed by atoms with E-state index in [1.54, 1.807) is 0 Å². The normalized spacial score (nSPS) is 19.0. The highest BCUT2D eigenvalue weighted by atomic mass is 16.2. The van der Waals surface area contributed by atoms with Crippen LogP contribution in [0.3, 0.4) is 0 Å². The molecule has 1 amide bonds. The van der Waals surface area contributed by atoms with Crippen molar-refractivity contribution in [3.05, 3.63) is 23.8 Å². The maximum absolute atomic E-state index is 12.5. The van der Waals surface area contributed by atoms with Crippen molar-refractivity contribution in [1.29, 1.82) is 0 Å². The fourth-order valence-electron chi connectivity index (χ4n) is 2.63. The molecule has 5 heteroatoms. The standard InChI is InChI=1S/C16H26N4O/c1-12-5-6-14(17)11-15(12)18-16(21)13(2)20-8-4-7-19(3)9-10-20/h5-6,11,13H,4,7-10,17H2,1-3H3,(H,18,21). The third-order valence-electron chi connectivity index (χ3n) is 4.20. The Morgan fingerprint density at radius 3 is 2.81 bits per heavy atom. The molecule has 1 unspecified atom stereocenters. The number of nitrogens with one attached hydrogen (secondary N) is 1. The molecular weight excluding hydrogens is 264 g/mol. The molecule has 2 rings (SSSR count). The SMILES string of the molecule is Cc1ccc(N)cc1NC(=O)C(C)N1CCCN(C)CC1. The summed E-state index contributed by atoms with van der Waals surface area (Å²) in [4.78, 5) is 17.0. The first-order valence-electron chi connectivity index (χ1n) is 7.57. The molecule has 1 aliphatic heterocycles. The highest BCUT2D eigenvalue weighted by Gasteiger charge is 2.23. The predicted octanol–water partition coefficient (Wildman–Crippen LogP) is 1.54. The van der Waals surface area contributed by atoms with Crippen molar-refractivity contribution in [1.82, 2.24) is 9.80 Å². The summed E-state index contributed by atoms with van der Waals surface area (Å²) in [6, 6.07) is 5.46. The van der Waals surface area contributed by atoms with Crippen LogP contribution in [0.15, 0.2) is 18.2 Å². The van der Waals surface area contributed by atoms with E-state index in [9.17, 15) is 4.79 Å². The van der Waals surface area contributed by atoms with E-state index >= 15 is 0 Å². The van der Waals surface area contributed by atoms with Crippen LogP contribution in [-0.2, 0) is 4.79 Å². The summed E-state index contributed by atoms with van der Waals surface area (Å²) in [5.41, 5.74) is 8.29. The lowest BCUT2D eigenvalue weighted by atomic mass is 10.1. The molecule has 0 spiro atoms. The maximum Gasteiger partial charge on any atom is 0.241 e. The lowest BCUT2D eigenvalue weighted by molar-refractivity contribution is -0.120. The maximum atomic E-state index is 12.5. The number of rotatable bonds is 3. The van der Waals surface area contributed by atoms with Gasteiger partial charge in [-0.15, -0.1) is 0 Å². The highest BCUT2D eigenvalue weighted by molar-refractivity contribution is 5.95. The Kier molecular flexibility index (Phi) is 5.20. The topological polar surface area (TPSA) is 61.6 Å². The molecule has 1 aromatic carbocycles. The largest absolute Gasteiger partial charge is 0.399 e. The lowest BCUT2D eigenvalue weighted by Gasteiger charge is -2.26. The predicted molar refractivity (Wildman–Crippen MR) is 87.4 cm³/mol. The van der Waals surface area contributed by atoms with Gasteiger partial charge in [-0.2, -0.15) is 0 Å². The second-order valence-corrected chi connectivity index (χ2v) is 5.93. The zero-order valence-corrected chi connectivity index (χ0v) is 13.2. The number of amides is 1. The lowest BCUT2D eigenvalue weighted by Crippen LogP contribution is -2.43. The molecule has 0 aromatic heterocycles. The molecule has 116 valence electrons. The van der Waals surface area contributed by atoms with Crippen molar-refractivity contribution in [2.75, 3.05) is 44.3 Å². The van der Waals surface area contributed by atoms with Crippen molar-refractivity contribution >= 4 is 17.3 Å². The van der Waals surface area contributed by atoms with Crippen LogP contribution >= 0.6 is 0 Å². The second-order valence-electron chi connectivity index (χ2n) is 5.93. The smallest absolute Gasteiger partial charge is 0.241 e. The third kappa shape index (κ3) is 4.19. The van der Waals surface area contributed by atoms with Crippen molar-refractivity contribution < 1.29 is 4.79 Å². The number of anilines is 2. The van der Waals surface area contributed by atoms with Crippen molar-refractivity contribution in [2.45, 2.75) is 26.3 Å².